The molecule has 0 spiro atoms. The zero-order chi connectivity index (χ0) is 23.8. The quantitative estimate of drug-likeness (QED) is 0.631. The van der Waals surface area contributed by atoms with Crippen molar-refractivity contribution in [2.45, 2.75) is 32.9 Å². The molecule has 0 saturated carbocycles. The van der Waals surface area contributed by atoms with Gasteiger partial charge >= 0.3 is 6.09 Å². The van der Waals surface area contributed by atoms with E-state index in [9.17, 15) is 18.4 Å². The number of H-pyrrole nitrogens is 1. The van der Waals surface area contributed by atoms with Crippen LogP contribution in [0.15, 0.2) is 47.3 Å². The Morgan fingerprint density at radius 3 is 2.30 bits per heavy atom. The summed E-state index contributed by atoms with van der Waals surface area (Å²) in [7, 11) is 0. The molecule has 33 heavy (non-hydrogen) atoms. The summed E-state index contributed by atoms with van der Waals surface area (Å²) in [4.78, 5) is 31.2. The zero-order valence-corrected chi connectivity index (χ0v) is 19.0. The second kappa shape index (κ2) is 8.94. The number of hydrogen-bond donors (Lipinski definition) is 1. The van der Waals surface area contributed by atoms with E-state index in [1.807, 2.05) is 45.0 Å². The third kappa shape index (κ3) is 5.39. The number of ether oxygens (including phenoxy) is 1. The van der Waals surface area contributed by atoms with Gasteiger partial charge in [0.05, 0.1) is 5.39 Å². The third-order valence-corrected chi connectivity index (χ3v) is 5.57. The van der Waals surface area contributed by atoms with E-state index >= 15 is 0 Å². The normalized spacial score (nSPS) is 15.1. The summed E-state index contributed by atoms with van der Waals surface area (Å²) in [5, 5.41) is 0.0699. The Balaban J connectivity index is 1.42. The summed E-state index contributed by atoms with van der Waals surface area (Å²) in [5.74, 6) is -1.55. The molecule has 0 unspecified atom stereocenters. The molecule has 4 rings (SSSR count). The summed E-state index contributed by atoms with van der Waals surface area (Å²) in [6.45, 7) is 9.00. The van der Waals surface area contributed by atoms with Crippen LogP contribution in [0, 0.1) is 11.6 Å². The molecule has 1 saturated heterocycles. The molecule has 2 aromatic carbocycles. The fourth-order valence-electron chi connectivity index (χ4n) is 3.91. The van der Waals surface area contributed by atoms with Crippen LogP contribution in [0.3, 0.4) is 0 Å². The molecule has 1 aliphatic rings. The minimum absolute atomic E-state index is 0.0154. The number of hydrogen-bond acceptors (Lipinski definition) is 4. The molecule has 2 heterocycles. The van der Waals surface area contributed by atoms with E-state index in [2.05, 4.69) is 9.88 Å². The van der Waals surface area contributed by atoms with Crippen LogP contribution in [0.5, 0.6) is 0 Å². The molecule has 0 aliphatic carbocycles. The number of fused-ring (bicyclic) bond motifs is 1. The maximum atomic E-state index is 14.2. The number of nitrogens with zero attached hydrogens (tertiary/aromatic N) is 2. The number of aromatic amines is 1. The van der Waals surface area contributed by atoms with Crippen molar-refractivity contribution >= 4 is 16.9 Å². The van der Waals surface area contributed by atoms with Crippen molar-refractivity contribution in [3.63, 3.8) is 0 Å². The molecule has 174 valence electrons. The predicted octanol–water partition coefficient (Wildman–Crippen LogP) is 4.53. The van der Waals surface area contributed by atoms with Gasteiger partial charge in [0, 0.05) is 49.9 Å². The fraction of sp³-hybridized carbons (Fsp3) is 0.360. The number of amides is 1. The molecule has 0 atom stereocenters. The summed E-state index contributed by atoms with van der Waals surface area (Å²) in [5.41, 5.74) is 1.24. The predicted molar refractivity (Wildman–Crippen MR) is 123 cm³/mol. The number of rotatable bonds is 3. The van der Waals surface area contributed by atoms with Gasteiger partial charge in [-0.25, -0.2) is 13.6 Å². The van der Waals surface area contributed by atoms with E-state index in [1.165, 1.54) is 6.07 Å². The summed E-state index contributed by atoms with van der Waals surface area (Å²) >= 11 is 0. The van der Waals surface area contributed by atoms with Crippen molar-refractivity contribution in [3.05, 3.63) is 70.0 Å². The molecule has 1 N–H and O–H groups in total. The first-order chi connectivity index (χ1) is 15.6. The molecule has 0 radical (unpaired) electrons. The average molecular weight is 456 g/mol. The number of carbonyl (C=O) groups excluding carboxylic acids is 1. The Hall–Kier alpha value is -3.26. The van der Waals surface area contributed by atoms with E-state index in [0.717, 1.165) is 42.9 Å². The Morgan fingerprint density at radius 2 is 1.67 bits per heavy atom. The number of pyridine rings is 1. The second-order valence-corrected chi connectivity index (χ2v) is 9.30. The van der Waals surface area contributed by atoms with E-state index in [4.69, 9.17) is 4.74 Å². The van der Waals surface area contributed by atoms with Gasteiger partial charge in [0.2, 0.25) is 0 Å². The topological polar surface area (TPSA) is 65.6 Å². The molecule has 6 nitrogen and oxygen atoms in total. The number of benzene rings is 2. The number of nitrogens with one attached hydrogen (secondary N) is 1. The van der Waals surface area contributed by atoms with Crippen LogP contribution in [0.4, 0.5) is 13.6 Å². The third-order valence-electron chi connectivity index (χ3n) is 5.57. The van der Waals surface area contributed by atoms with E-state index in [1.54, 1.807) is 4.90 Å². The Morgan fingerprint density at radius 1 is 1.00 bits per heavy atom. The lowest BCUT2D eigenvalue weighted by Gasteiger charge is -2.35. The van der Waals surface area contributed by atoms with Gasteiger partial charge in [0.15, 0.2) is 0 Å². The van der Waals surface area contributed by atoms with Gasteiger partial charge in [-0.3, -0.25) is 9.69 Å². The maximum Gasteiger partial charge on any atom is 0.410 e. The highest BCUT2D eigenvalue weighted by atomic mass is 19.1. The number of carbonyl (C=O) groups is 1. The van der Waals surface area contributed by atoms with Crippen molar-refractivity contribution in [2.75, 3.05) is 26.2 Å². The van der Waals surface area contributed by atoms with Crippen LogP contribution in [0.1, 0.15) is 26.3 Å². The van der Waals surface area contributed by atoms with E-state index in [-0.39, 0.29) is 16.9 Å². The summed E-state index contributed by atoms with van der Waals surface area (Å²) < 4.78 is 33.1. The van der Waals surface area contributed by atoms with Crippen molar-refractivity contribution in [1.82, 2.24) is 14.8 Å². The Bertz CT molecular complexity index is 1220. The molecule has 8 heteroatoms. The van der Waals surface area contributed by atoms with Crippen molar-refractivity contribution in [3.8, 4) is 11.3 Å². The van der Waals surface area contributed by atoms with Gasteiger partial charge in [-0.1, -0.05) is 24.3 Å². The number of aromatic nitrogens is 1. The monoisotopic (exact) mass is 455 g/mol. The van der Waals surface area contributed by atoms with Gasteiger partial charge < -0.3 is 14.6 Å². The fourth-order valence-corrected chi connectivity index (χ4v) is 3.91. The van der Waals surface area contributed by atoms with Gasteiger partial charge in [-0.15, -0.1) is 0 Å². The molecule has 0 bridgehead atoms. The molecule has 1 fully saturated rings. The number of piperazine rings is 1. The maximum absolute atomic E-state index is 14.2. The lowest BCUT2D eigenvalue weighted by molar-refractivity contribution is 0.0139. The Kier molecular flexibility index (Phi) is 6.21. The van der Waals surface area contributed by atoms with Gasteiger partial charge in [-0.2, -0.15) is 0 Å². The van der Waals surface area contributed by atoms with Crippen molar-refractivity contribution < 1.29 is 18.3 Å². The standard InChI is InChI=1S/C25H27F2N3O3/c1-25(2,3)33-24(32)30-10-8-29(9-11-30)15-16-4-6-17(7-5-16)22-14-19-20(23(31)28-22)12-18(26)13-21(19)27/h4-7,12-14H,8-11,15H2,1-3H3,(H,28,31). The van der Waals surface area contributed by atoms with Crippen LogP contribution in [0.25, 0.3) is 22.0 Å². The van der Waals surface area contributed by atoms with E-state index in [0.29, 0.717) is 18.8 Å². The van der Waals surface area contributed by atoms with Crippen LogP contribution < -0.4 is 5.56 Å². The second-order valence-electron chi connectivity index (χ2n) is 9.30. The molecule has 3 aromatic rings. The highest BCUT2D eigenvalue weighted by molar-refractivity contribution is 5.85. The summed E-state index contributed by atoms with van der Waals surface area (Å²) in [6.07, 6.45) is -0.282. The average Bonchev–Trinajstić information content (AvgIpc) is 2.74. The highest BCUT2D eigenvalue weighted by Gasteiger charge is 2.25. The summed E-state index contributed by atoms with van der Waals surface area (Å²) in [6, 6.07) is 11.0. The smallest absolute Gasteiger partial charge is 0.410 e. The first-order valence-electron chi connectivity index (χ1n) is 10.9. The van der Waals surface area contributed by atoms with Crippen LogP contribution in [0.2, 0.25) is 0 Å². The zero-order valence-electron chi connectivity index (χ0n) is 19.0. The SMILES string of the molecule is CC(C)(C)OC(=O)N1CCN(Cc2ccc(-c3cc4c(F)cc(F)cc4c(=O)[nH]3)cc2)CC1. The van der Waals surface area contributed by atoms with Gasteiger partial charge in [0.1, 0.15) is 17.2 Å². The molecular weight excluding hydrogens is 428 g/mol. The largest absolute Gasteiger partial charge is 0.444 e. The molecule has 1 aliphatic heterocycles. The van der Waals surface area contributed by atoms with Crippen LogP contribution in [-0.2, 0) is 11.3 Å². The molecule has 1 aromatic heterocycles. The molecule has 1 amide bonds. The van der Waals surface area contributed by atoms with Crippen molar-refractivity contribution in [1.29, 1.82) is 0 Å². The first kappa shape index (κ1) is 22.9. The van der Waals surface area contributed by atoms with Gasteiger partial charge in [0.25, 0.3) is 5.56 Å². The highest BCUT2D eigenvalue weighted by Crippen LogP contribution is 2.23. The van der Waals surface area contributed by atoms with Crippen LogP contribution in [-0.4, -0.2) is 52.7 Å². The van der Waals surface area contributed by atoms with Crippen molar-refractivity contribution in [2.24, 2.45) is 0 Å². The van der Waals surface area contributed by atoms with Crippen LogP contribution >= 0.6 is 0 Å². The van der Waals surface area contributed by atoms with E-state index < -0.39 is 22.8 Å². The Labute approximate surface area is 190 Å². The van der Waals surface area contributed by atoms with Gasteiger partial charge in [-0.05, 0) is 44.0 Å². The minimum atomic E-state index is -0.783. The lowest BCUT2D eigenvalue weighted by atomic mass is 10.0. The molecular formula is C25H27F2N3O3. The number of halogens is 2. The lowest BCUT2D eigenvalue weighted by Crippen LogP contribution is -2.49. The first-order valence-corrected chi connectivity index (χ1v) is 10.9. The minimum Gasteiger partial charge on any atom is -0.444 e.